The second-order valence-electron chi connectivity index (χ2n) is 6.73. The van der Waals surface area contributed by atoms with E-state index >= 15 is 0 Å². The highest BCUT2D eigenvalue weighted by Crippen LogP contribution is 2.43. The van der Waals surface area contributed by atoms with Crippen molar-refractivity contribution in [3.63, 3.8) is 0 Å². The Morgan fingerprint density at radius 3 is 1.50 bits per heavy atom. The van der Waals surface area contributed by atoms with Crippen LogP contribution in [-0.4, -0.2) is 4.98 Å². The van der Waals surface area contributed by atoms with Crippen LogP contribution in [0.3, 0.4) is 0 Å². The van der Waals surface area contributed by atoms with Gasteiger partial charge in [0.05, 0.1) is 0 Å². The molecule has 0 bridgehead atoms. The van der Waals surface area contributed by atoms with Gasteiger partial charge in [0.2, 0.25) is 0 Å². The van der Waals surface area contributed by atoms with Gasteiger partial charge in [0, 0.05) is 26.7 Å². The van der Waals surface area contributed by atoms with Gasteiger partial charge < -0.3 is 0 Å². The molecule has 0 amide bonds. The fourth-order valence-electron chi connectivity index (χ4n) is 3.88. The summed E-state index contributed by atoms with van der Waals surface area (Å²) in [5, 5.41) is 4.88. The van der Waals surface area contributed by atoms with E-state index in [1.807, 2.05) is 12.4 Å². The van der Waals surface area contributed by atoms with Gasteiger partial charge in [0.15, 0.2) is 0 Å². The average Bonchev–Trinajstić information content (AvgIpc) is 2.74. The normalized spacial score (nSPS) is 11.2. The number of rotatable bonds is 2. The third-order valence-electron chi connectivity index (χ3n) is 5.09. The summed E-state index contributed by atoms with van der Waals surface area (Å²) < 4.78 is 2.16. The van der Waals surface area contributed by atoms with Gasteiger partial charge in [0.1, 0.15) is 0 Å². The van der Waals surface area contributed by atoms with E-state index in [0.29, 0.717) is 0 Å². The molecule has 1 nitrogen and oxygen atoms in total. The lowest BCUT2D eigenvalue weighted by atomic mass is 9.87. The molecule has 0 unspecified atom stereocenters. The average molecular weight is 489 g/mol. The molecule has 0 saturated carbocycles. The zero-order valence-corrected chi connectivity index (χ0v) is 18.0. The van der Waals surface area contributed by atoms with Crippen molar-refractivity contribution in [2.24, 2.45) is 0 Å². The smallest absolute Gasteiger partial charge is 0.0353 e. The van der Waals surface area contributed by atoms with E-state index in [0.717, 1.165) is 8.95 Å². The highest BCUT2D eigenvalue weighted by Gasteiger charge is 2.16. The largest absolute Gasteiger partial charge is 0.264 e. The minimum absolute atomic E-state index is 1.08. The summed E-state index contributed by atoms with van der Waals surface area (Å²) in [5.74, 6) is 0. The Balaban J connectivity index is 1.96. The summed E-state index contributed by atoms with van der Waals surface area (Å²) in [6.45, 7) is 0. The molecule has 0 fully saturated rings. The van der Waals surface area contributed by atoms with E-state index in [1.54, 1.807) is 0 Å². The summed E-state index contributed by atoms with van der Waals surface area (Å²) in [6, 6.07) is 27.8. The van der Waals surface area contributed by atoms with Crippen LogP contribution in [0.5, 0.6) is 0 Å². The Hall–Kier alpha value is -2.49. The highest BCUT2D eigenvalue weighted by atomic mass is 79.9. The van der Waals surface area contributed by atoms with Gasteiger partial charge in [-0.05, 0) is 68.7 Å². The summed E-state index contributed by atoms with van der Waals surface area (Å²) in [4.78, 5) is 4.46. The molecule has 0 aliphatic heterocycles. The first-order valence-electron chi connectivity index (χ1n) is 9.03. The minimum Gasteiger partial charge on any atom is -0.264 e. The lowest BCUT2D eigenvalue weighted by molar-refractivity contribution is 1.37. The molecule has 0 saturated heterocycles. The molecule has 0 atom stereocenters. The second-order valence-corrected chi connectivity index (χ2v) is 8.56. The Labute approximate surface area is 180 Å². The summed E-state index contributed by atoms with van der Waals surface area (Å²) in [5.41, 5.74) is 4.88. The van der Waals surface area contributed by atoms with Gasteiger partial charge in [-0.1, -0.05) is 80.4 Å². The van der Waals surface area contributed by atoms with Crippen LogP contribution in [0.4, 0.5) is 0 Å². The van der Waals surface area contributed by atoms with Crippen molar-refractivity contribution < 1.29 is 0 Å². The predicted molar refractivity (Wildman–Crippen MR) is 126 cm³/mol. The van der Waals surface area contributed by atoms with Crippen LogP contribution in [0.15, 0.2) is 100 Å². The number of halogens is 2. The zero-order valence-electron chi connectivity index (χ0n) is 14.9. The molecular weight excluding hydrogens is 474 g/mol. The third kappa shape index (κ3) is 2.95. The van der Waals surface area contributed by atoms with Gasteiger partial charge in [-0.25, -0.2) is 0 Å². The van der Waals surface area contributed by atoms with Crippen LogP contribution in [0.2, 0.25) is 0 Å². The van der Waals surface area contributed by atoms with Crippen LogP contribution >= 0.6 is 31.9 Å². The standard InChI is InChI=1S/C25H15Br2N/c26-18-9-5-16(6-10-18)24-20-3-1-2-4-21(20)25(17-7-11-19(27)12-8-17)23-15-28-14-13-22(23)24/h1-15H. The Bertz CT molecular complexity index is 1150. The van der Waals surface area contributed by atoms with Crippen LogP contribution < -0.4 is 0 Å². The zero-order chi connectivity index (χ0) is 19.1. The molecule has 5 aromatic rings. The molecule has 0 N–H and O–H groups in total. The van der Waals surface area contributed by atoms with E-state index in [-0.39, 0.29) is 0 Å². The molecule has 0 spiro atoms. The number of pyridine rings is 1. The lowest BCUT2D eigenvalue weighted by Crippen LogP contribution is -1.91. The first-order chi connectivity index (χ1) is 13.7. The number of hydrogen-bond acceptors (Lipinski definition) is 1. The van der Waals surface area contributed by atoms with E-state index < -0.39 is 0 Å². The fraction of sp³-hybridized carbons (Fsp3) is 0. The Kier molecular flexibility index (Phi) is 4.50. The molecule has 1 heterocycles. The van der Waals surface area contributed by atoms with Crippen molar-refractivity contribution >= 4 is 53.4 Å². The van der Waals surface area contributed by atoms with Crippen LogP contribution in [-0.2, 0) is 0 Å². The quantitative estimate of drug-likeness (QED) is 0.228. The number of nitrogens with zero attached hydrogens (tertiary/aromatic N) is 1. The summed E-state index contributed by atoms with van der Waals surface area (Å²) in [7, 11) is 0. The van der Waals surface area contributed by atoms with Crippen LogP contribution in [0.1, 0.15) is 0 Å². The van der Waals surface area contributed by atoms with E-state index in [4.69, 9.17) is 0 Å². The monoisotopic (exact) mass is 487 g/mol. The molecule has 1 aromatic heterocycles. The second kappa shape index (κ2) is 7.16. The molecule has 0 aliphatic carbocycles. The maximum absolute atomic E-state index is 4.46. The van der Waals surface area contributed by atoms with Crippen molar-refractivity contribution in [3.05, 3.63) is 100 Å². The maximum Gasteiger partial charge on any atom is 0.0353 e. The molecular formula is C25H15Br2N. The van der Waals surface area contributed by atoms with Crippen molar-refractivity contribution in [3.8, 4) is 22.3 Å². The molecule has 3 heteroatoms. The van der Waals surface area contributed by atoms with E-state index in [9.17, 15) is 0 Å². The van der Waals surface area contributed by atoms with Crippen molar-refractivity contribution in [1.29, 1.82) is 0 Å². The first kappa shape index (κ1) is 17.6. The van der Waals surface area contributed by atoms with Crippen molar-refractivity contribution in [1.82, 2.24) is 4.98 Å². The maximum atomic E-state index is 4.46. The van der Waals surface area contributed by atoms with Crippen LogP contribution in [0, 0.1) is 0 Å². The molecule has 28 heavy (non-hydrogen) atoms. The lowest BCUT2D eigenvalue weighted by Gasteiger charge is -2.17. The van der Waals surface area contributed by atoms with Gasteiger partial charge in [-0.3, -0.25) is 4.98 Å². The fourth-order valence-corrected chi connectivity index (χ4v) is 4.40. The van der Waals surface area contributed by atoms with Crippen LogP contribution in [0.25, 0.3) is 43.8 Å². The SMILES string of the molecule is Brc1ccc(-c2c3ccccc3c(-c3ccc(Br)cc3)c3cnccc23)cc1. The summed E-state index contributed by atoms with van der Waals surface area (Å²) >= 11 is 7.10. The highest BCUT2D eigenvalue weighted by molar-refractivity contribution is 9.10. The molecule has 0 aliphatic rings. The van der Waals surface area contributed by atoms with Gasteiger partial charge >= 0.3 is 0 Å². The number of aromatic nitrogens is 1. The molecule has 5 rings (SSSR count). The third-order valence-corrected chi connectivity index (χ3v) is 6.15. The van der Waals surface area contributed by atoms with Crippen molar-refractivity contribution in [2.45, 2.75) is 0 Å². The minimum atomic E-state index is 1.08. The van der Waals surface area contributed by atoms with Gasteiger partial charge in [0.25, 0.3) is 0 Å². The number of benzene rings is 4. The first-order valence-corrected chi connectivity index (χ1v) is 10.6. The molecule has 4 aromatic carbocycles. The molecule has 0 radical (unpaired) electrons. The summed E-state index contributed by atoms with van der Waals surface area (Å²) in [6.07, 6.45) is 3.87. The predicted octanol–water partition coefficient (Wildman–Crippen LogP) is 8.25. The Morgan fingerprint density at radius 1 is 0.500 bits per heavy atom. The van der Waals surface area contributed by atoms with Crippen molar-refractivity contribution in [2.75, 3.05) is 0 Å². The van der Waals surface area contributed by atoms with E-state index in [1.165, 1.54) is 43.8 Å². The van der Waals surface area contributed by atoms with E-state index in [2.05, 4.69) is 116 Å². The number of hydrogen-bond donors (Lipinski definition) is 0. The van der Waals surface area contributed by atoms with Gasteiger partial charge in [-0.2, -0.15) is 0 Å². The topological polar surface area (TPSA) is 12.9 Å². The number of fused-ring (bicyclic) bond motifs is 2. The molecule has 134 valence electrons. The Morgan fingerprint density at radius 2 is 0.964 bits per heavy atom. The van der Waals surface area contributed by atoms with Gasteiger partial charge in [-0.15, -0.1) is 0 Å².